The van der Waals surface area contributed by atoms with Gasteiger partial charge in [0.25, 0.3) is 0 Å². The van der Waals surface area contributed by atoms with Gasteiger partial charge in [-0.1, -0.05) is 66.7 Å². The van der Waals surface area contributed by atoms with Crippen molar-refractivity contribution in [2.24, 2.45) is 0 Å². The van der Waals surface area contributed by atoms with Crippen molar-refractivity contribution in [2.75, 3.05) is 4.90 Å². The van der Waals surface area contributed by atoms with E-state index in [1.165, 1.54) is 15.5 Å². The van der Waals surface area contributed by atoms with Crippen molar-refractivity contribution < 1.29 is 0 Å². The van der Waals surface area contributed by atoms with E-state index in [9.17, 15) is 0 Å². The predicted octanol–water partition coefficient (Wildman–Crippen LogP) is 11.8. The first-order valence-electron chi connectivity index (χ1n) is 17.0. The summed E-state index contributed by atoms with van der Waals surface area (Å²) in [7, 11) is 0. The van der Waals surface area contributed by atoms with Gasteiger partial charge in [0.15, 0.2) is 0 Å². The van der Waals surface area contributed by atoms with Gasteiger partial charge in [-0.25, -0.2) is 15.0 Å². The summed E-state index contributed by atoms with van der Waals surface area (Å²) in [6.07, 6.45) is 7.20. The monoisotopic (exact) mass is 684 g/mol. The van der Waals surface area contributed by atoms with E-state index >= 15 is 0 Å². The molecular formula is C45H28N6S. The summed E-state index contributed by atoms with van der Waals surface area (Å²) in [6.45, 7) is 0. The Balaban J connectivity index is 1.02. The van der Waals surface area contributed by atoms with E-state index in [0.29, 0.717) is 0 Å². The maximum Gasteiger partial charge on any atom is 0.125 e. The second-order valence-corrected chi connectivity index (χ2v) is 13.7. The minimum atomic E-state index is 0.879. The minimum Gasteiger partial charge on any atom is -0.311 e. The van der Waals surface area contributed by atoms with Crippen LogP contribution in [0.3, 0.4) is 0 Å². The number of hydrogen-bond donors (Lipinski definition) is 0. The summed E-state index contributed by atoms with van der Waals surface area (Å²) < 4.78 is 1.26. The smallest absolute Gasteiger partial charge is 0.125 e. The predicted molar refractivity (Wildman–Crippen MR) is 214 cm³/mol. The van der Waals surface area contributed by atoms with Crippen LogP contribution in [0, 0.1) is 0 Å². The third-order valence-corrected chi connectivity index (χ3v) is 10.6. The Morgan fingerprint density at radius 1 is 0.404 bits per heavy atom. The van der Waals surface area contributed by atoms with Crippen molar-refractivity contribution in [2.45, 2.75) is 0 Å². The van der Waals surface area contributed by atoms with Crippen LogP contribution in [0.2, 0.25) is 0 Å². The highest BCUT2D eigenvalue weighted by Gasteiger charge is 2.15. The molecule has 6 heterocycles. The number of aromatic nitrogens is 5. The molecular weight excluding hydrogens is 657 g/mol. The fourth-order valence-electron chi connectivity index (χ4n) is 6.81. The minimum absolute atomic E-state index is 0.879. The highest BCUT2D eigenvalue weighted by Crippen LogP contribution is 2.39. The zero-order valence-corrected chi connectivity index (χ0v) is 28.6. The van der Waals surface area contributed by atoms with Crippen molar-refractivity contribution in [1.82, 2.24) is 24.9 Å². The third kappa shape index (κ3) is 5.41. The molecule has 0 radical (unpaired) electrons. The van der Waals surface area contributed by atoms with E-state index in [1.807, 2.05) is 24.5 Å². The zero-order valence-electron chi connectivity index (χ0n) is 27.8. The van der Waals surface area contributed by atoms with Gasteiger partial charge in [0.1, 0.15) is 4.83 Å². The summed E-state index contributed by atoms with van der Waals surface area (Å²) in [6, 6.07) is 50.9. The summed E-state index contributed by atoms with van der Waals surface area (Å²) >= 11 is 1.74. The summed E-state index contributed by atoms with van der Waals surface area (Å²) in [5.41, 5.74) is 10.8. The number of anilines is 3. The molecule has 0 atom stereocenters. The first kappa shape index (κ1) is 30.0. The molecule has 0 unspecified atom stereocenters. The Morgan fingerprint density at radius 3 is 1.42 bits per heavy atom. The van der Waals surface area contributed by atoms with Crippen LogP contribution < -0.4 is 4.90 Å². The molecule has 10 aromatic rings. The molecule has 0 N–H and O–H groups in total. The number of benzene rings is 4. The standard InChI is InChI=1S/C45H28N6S/c1-2-4-44-37(3-1)38-19-22-41(50-45(38)52-44)31-9-17-36(18-10-31)51(34-13-5-29(6-14-34)39-20-11-32-23-25-46-27-42(32)48-39)35-15-7-30(8-16-35)40-21-12-33-24-26-47-28-43(33)49-40/h1-28H. The largest absolute Gasteiger partial charge is 0.311 e. The van der Waals surface area contributed by atoms with Gasteiger partial charge in [0.2, 0.25) is 0 Å². The van der Waals surface area contributed by atoms with E-state index < -0.39 is 0 Å². The van der Waals surface area contributed by atoms with E-state index in [2.05, 4.69) is 148 Å². The molecule has 0 saturated heterocycles. The number of thiophene rings is 1. The van der Waals surface area contributed by atoms with Crippen LogP contribution in [0.25, 0.3) is 75.9 Å². The maximum absolute atomic E-state index is 5.07. The van der Waals surface area contributed by atoms with Crippen LogP contribution in [0.15, 0.2) is 170 Å². The van der Waals surface area contributed by atoms with Crippen LogP contribution in [0.1, 0.15) is 0 Å². The number of nitrogens with zero attached hydrogens (tertiary/aromatic N) is 6. The van der Waals surface area contributed by atoms with Gasteiger partial charge in [-0.05, 0) is 78.9 Å². The molecule has 0 saturated carbocycles. The lowest BCUT2D eigenvalue weighted by Gasteiger charge is -2.26. The van der Waals surface area contributed by atoms with Crippen molar-refractivity contribution in [3.63, 3.8) is 0 Å². The van der Waals surface area contributed by atoms with Crippen LogP contribution in [-0.4, -0.2) is 24.9 Å². The number of fused-ring (bicyclic) bond motifs is 5. The van der Waals surface area contributed by atoms with Crippen molar-refractivity contribution in [3.8, 4) is 33.8 Å². The van der Waals surface area contributed by atoms with Crippen molar-refractivity contribution in [1.29, 1.82) is 0 Å². The lowest BCUT2D eigenvalue weighted by Crippen LogP contribution is -2.09. The molecule has 0 aliphatic heterocycles. The SMILES string of the molecule is c1ccc2c(c1)sc1nc(-c3ccc(N(c4ccc(-c5ccc6ccncc6n5)cc4)c4ccc(-c5ccc6ccncc6n5)cc4)cc3)ccc12. The van der Waals surface area contributed by atoms with Gasteiger partial charge in [-0.15, -0.1) is 11.3 Å². The molecule has 0 amide bonds. The van der Waals surface area contributed by atoms with Crippen LogP contribution in [0.5, 0.6) is 0 Å². The average Bonchev–Trinajstić information content (AvgIpc) is 3.59. The quantitative estimate of drug-likeness (QED) is 0.174. The number of hydrogen-bond acceptors (Lipinski definition) is 7. The summed E-state index contributed by atoms with van der Waals surface area (Å²) in [5.74, 6) is 0. The molecule has 4 aromatic carbocycles. The zero-order chi connectivity index (χ0) is 34.4. The van der Waals surface area contributed by atoms with Gasteiger partial charge >= 0.3 is 0 Å². The number of pyridine rings is 5. The summed E-state index contributed by atoms with van der Waals surface area (Å²) in [5, 5.41) is 4.60. The van der Waals surface area contributed by atoms with Gasteiger partial charge < -0.3 is 4.90 Å². The van der Waals surface area contributed by atoms with Gasteiger partial charge in [-0.3, -0.25) is 9.97 Å². The highest BCUT2D eigenvalue weighted by molar-refractivity contribution is 7.25. The Bertz CT molecular complexity index is 2780. The van der Waals surface area contributed by atoms with Gasteiger partial charge in [0, 0.05) is 72.4 Å². The number of rotatable bonds is 6. The van der Waals surface area contributed by atoms with E-state index in [4.69, 9.17) is 15.0 Å². The van der Waals surface area contributed by atoms with Gasteiger partial charge in [-0.2, -0.15) is 0 Å². The van der Waals surface area contributed by atoms with Gasteiger partial charge in [0.05, 0.1) is 40.5 Å². The highest BCUT2D eigenvalue weighted by atomic mass is 32.1. The molecule has 0 bridgehead atoms. The molecule has 0 aliphatic carbocycles. The van der Waals surface area contributed by atoms with Crippen molar-refractivity contribution in [3.05, 3.63) is 170 Å². The fourth-order valence-corrected chi connectivity index (χ4v) is 7.89. The van der Waals surface area contributed by atoms with E-state index in [1.54, 1.807) is 23.7 Å². The Hall–Kier alpha value is -6.83. The Labute approximate surface area is 303 Å². The molecule has 244 valence electrons. The molecule has 0 aliphatic rings. The van der Waals surface area contributed by atoms with Crippen LogP contribution in [-0.2, 0) is 0 Å². The third-order valence-electron chi connectivity index (χ3n) is 9.50. The second-order valence-electron chi connectivity index (χ2n) is 12.7. The molecule has 6 aromatic heterocycles. The summed E-state index contributed by atoms with van der Waals surface area (Å²) in [4.78, 5) is 26.7. The maximum atomic E-state index is 5.07. The Morgan fingerprint density at radius 2 is 0.885 bits per heavy atom. The van der Waals surface area contributed by atoms with Crippen LogP contribution in [0.4, 0.5) is 17.1 Å². The van der Waals surface area contributed by atoms with Crippen molar-refractivity contribution >= 4 is 70.5 Å². The lowest BCUT2D eigenvalue weighted by atomic mass is 10.1. The van der Waals surface area contributed by atoms with E-state index in [-0.39, 0.29) is 0 Å². The lowest BCUT2D eigenvalue weighted by molar-refractivity contribution is 1.27. The molecule has 10 rings (SSSR count). The topological polar surface area (TPSA) is 67.7 Å². The molecule has 0 spiro atoms. The molecule has 7 heteroatoms. The first-order chi connectivity index (χ1) is 25.7. The molecule has 6 nitrogen and oxygen atoms in total. The Kier molecular flexibility index (Phi) is 7.22. The molecule has 52 heavy (non-hydrogen) atoms. The molecule has 0 fully saturated rings. The van der Waals surface area contributed by atoms with Crippen LogP contribution >= 0.6 is 11.3 Å². The van der Waals surface area contributed by atoms with E-state index in [0.717, 1.165) is 77.5 Å². The fraction of sp³-hybridized carbons (Fsp3) is 0. The average molecular weight is 685 g/mol. The normalized spacial score (nSPS) is 11.5. The first-order valence-corrected chi connectivity index (χ1v) is 17.9. The second kappa shape index (κ2) is 12.5.